The molecule has 3 aromatic heterocycles. The molecule has 0 bridgehead atoms. The molecule has 0 aliphatic rings. The summed E-state index contributed by atoms with van der Waals surface area (Å²) in [4.78, 5) is 35.1. The lowest BCUT2D eigenvalue weighted by molar-refractivity contribution is 0.381. The second-order valence-corrected chi connectivity index (χ2v) is 6.41. The largest absolute Gasteiger partial charge is 0.493 e. The third-order valence-corrected chi connectivity index (χ3v) is 3.03. The van der Waals surface area contributed by atoms with Crippen LogP contribution in [-0.4, -0.2) is 42.6 Å². The van der Waals surface area contributed by atoms with Crippen LogP contribution in [0.3, 0.4) is 0 Å². The van der Waals surface area contributed by atoms with E-state index >= 15 is 0 Å². The van der Waals surface area contributed by atoms with E-state index in [4.69, 9.17) is 28.4 Å². The van der Waals surface area contributed by atoms with E-state index < -0.39 is 10.4 Å². The summed E-state index contributed by atoms with van der Waals surface area (Å²) in [6.07, 6.45) is 5.09. The van der Waals surface area contributed by atoms with Gasteiger partial charge < -0.3 is 19.5 Å². The first-order valence-electron chi connectivity index (χ1n) is 7.71. The Hall–Kier alpha value is -3.47. The average Bonchev–Trinajstić information content (AvgIpc) is 2.90. The van der Waals surface area contributed by atoms with Gasteiger partial charge in [0.05, 0.1) is 5.56 Å². The van der Waals surface area contributed by atoms with Crippen molar-refractivity contribution in [3.8, 4) is 18.2 Å². The Kier molecular flexibility index (Phi) is 7.84. The number of fused-ring (bicyclic) bond motifs is 1. The summed E-state index contributed by atoms with van der Waals surface area (Å²) in [5, 5.41) is 9.69. The van der Waals surface area contributed by atoms with Crippen molar-refractivity contribution in [3.05, 3.63) is 49.7 Å². The standard InChI is InChI=1S/2C8H8N2O2.H2O4S/c1-4-3-6-7(11)9-5(2)10-8(6)12-4;1-3-4-6-7(11)9-5(2)10-8(6)12;1-5(2,3)4/h3H,1-2H3,(H,9,10,11);1H,4H2,2H3,(H2,9,10,11,12);(H2,1,2,3,4). The maximum atomic E-state index is 11.3. The van der Waals surface area contributed by atoms with Gasteiger partial charge in [0, 0.05) is 6.42 Å². The molecule has 0 atom stereocenters. The molecule has 12 nitrogen and oxygen atoms in total. The molecule has 156 valence electrons. The highest BCUT2D eigenvalue weighted by Gasteiger charge is 2.07. The van der Waals surface area contributed by atoms with Gasteiger partial charge in [-0.05, 0) is 26.8 Å². The zero-order valence-electron chi connectivity index (χ0n) is 15.5. The van der Waals surface area contributed by atoms with Gasteiger partial charge in [-0.1, -0.05) is 0 Å². The average molecular weight is 426 g/mol. The fraction of sp³-hybridized carbons (Fsp3) is 0.250. The molecule has 3 heterocycles. The van der Waals surface area contributed by atoms with Crippen molar-refractivity contribution >= 4 is 21.5 Å². The topological polar surface area (TPSA) is 199 Å². The summed E-state index contributed by atoms with van der Waals surface area (Å²) < 4.78 is 36.8. The van der Waals surface area contributed by atoms with Crippen LogP contribution in [0.25, 0.3) is 11.1 Å². The summed E-state index contributed by atoms with van der Waals surface area (Å²) in [5.74, 6) is 3.63. The first kappa shape index (κ1) is 23.6. The van der Waals surface area contributed by atoms with Crippen LogP contribution in [0.2, 0.25) is 0 Å². The van der Waals surface area contributed by atoms with E-state index in [0.29, 0.717) is 28.5 Å². The number of H-pyrrole nitrogens is 2. The molecule has 0 aliphatic heterocycles. The molecule has 29 heavy (non-hydrogen) atoms. The Balaban J connectivity index is 0.000000237. The minimum atomic E-state index is -4.67. The van der Waals surface area contributed by atoms with Crippen molar-refractivity contribution < 1.29 is 27.0 Å². The SMILES string of the molecule is C#CCc1c(O)nc(C)[nH]c1=O.Cc1nc2oc(C)cc2c(=O)[nH]1.O=S(=O)(O)O. The molecule has 0 fully saturated rings. The van der Waals surface area contributed by atoms with Gasteiger partial charge in [-0.2, -0.15) is 13.4 Å². The fourth-order valence-corrected chi connectivity index (χ4v) is 2.02. The highest BCUT2D eigenvalue weighted by atomic mass is 32.3. The zero-order chi connectivity index (χ0) is 22.4. The molecule has 3 aromatic rings. The van der Waals surface area contributed by atoms with Gasteiger partial charge in [-0.3, -0.25) is 18.7 Å². The molecule has 0 amide bonds. The Labute approximate surface area is 164 Å². The van der Waals surface area contributed by atoms with Crippen molar-refractivity contribution in [1.29, 1.82) is 0 Å². The van der Waals surface area contributed by atoms with E-state index in [9.17, 15) is 14.7 Å². The Morgan fingerprint density at radius 1 is 1.10 bits per heavy atom. The van der Waals surface area contributed by atoms with Crippen molar-refractivity contribution in [1.82, 2.24) is 19.9 Å². The number of terminal acetylenes is 1. The molecule has 0 unspecified atom stereocenters. The molecule has 13 heteroatoms. The number of rotatable bonds is 1. The van der Waals surface area contributed by atoms with Gasteiger partial charge >= 0.3 is 10.4 Å². The summed E-state index contributed by atoms with van der Waals surface area (Å²) in [7, 11) is -4.67. The summed E-state index contributed by atoms with van der Waals surface area (Å²) in [6.45, 7) is 5.09. The second-order valence-electron chi connectivity index (χ2n) is 5.51. The molecule has 0 saturated carbocycles. The lowest BCUT2D eigenvalue weighted by Crippen LogP contribution is -2.14. The highest BCUT2D eigenvalue weighted by molar-refractivity contribution is 7.79. The van der Waals surface area contributed by atoms with Crippen LogP contribution in [0.15, 0.2) is 20.1 Å². The molecular formula is C16H18N4O8S. The van der Waals surface area contributed by atoms with Crippen LogP contribution < -0.4 is 11.1 Å². The van der Waals surface area contributed by atoms with Crippen LogP contribution in [0.5, 0.6) is 5.88 Å². The van der Waals surface area contributed by atoms with Crippen LogP contribution in [0.1, 0.15) is 23.0 Å². The number of aromatic nitrogens is 4. The van der Waals surface area contributed by atoms with Gasteiger partial charge in [-0.25, -0.2) is 4.98 Å². The van der Waals surface area contributed by atoms with Gasteiger partial charge in [-0.15, -0.1) is 12.3 Å². The van der Waals surface area contributed by atoms with Crippen LogP contribution in [-0.2, 0) is 16.8 Å². The molecule has 0 aliphatic carbocycles. The maximum Gasteiger partial charge on any atom is 0.394 e. The van der Waals surface area contributed by atoms with E-state index in [-0.39, 0.29) is 29.0 Å². The normalized spacial score (nSPS) is 10.3. The van der Waals surface area contributed by atoms with E-state index in [0.717, 1.165) is 0 Å². The van der Waals surface area contributed by atoms with Gasteiger partial charge in [0.15, 0.2) is 0 Å². The second kappa shape index (κ2) is 9.64. The monoisotopic (exact) mass is 426 g/mol. The van der Waals surface area contributed by atoms with E-state index in [1.165, 1.54) is 0 Å². The lowest BCUT2D eigenvalue weighted by Gasteiger charge is -1.98. The number of aromatic amines is 2. The van der Waals surface area contributed by atoms with Crippen LogP contribution in [0.4, 0.5) is 0 Å². The third kappa shape index (κ3) is 7.97. The van der Waals surface area contributed by atoms with E-state index in [1.54, 1.807) is 26.8 Å². The molecule has 0 saturated heterocycles. The third-order valence-electron chi connectivity index (χ3n) is 3.03. The number of hydrogen-bond donors (Lipinski definition) is 5. The molecule has 5 N–H and O–H groups in total. The molecule has 3 rings (SSSR count). The predicted molar refractivity (Wildman–Crippen MR) is 102 cm³/mol. The number of hydrogen-bond acceptors (Lipinski definition) is 8. The fourth-order valence-electron chi connectivity index (χ4n) is 2.02. The van der Waals surface area contributed by atoms with Crippen molar-refractivity contribution in [2.45, 2.75) is 27.2 Å². The van der Waals surface area contributed by atoms with E-state index in [1.807, 2.05) is 0 Å². The Morgan fingerprint density at radius 3 is 2.14 bits per heavy atom. The quantitative estimate of drug-likeness (QED) is 0.268. The summed E-state index contributed by atoms with van der Waals surface area (Å²) in [5.41, 5.74) is 0.0316. The lowest BCUT2D eigenvalue weighted by atomic mass is 10.2. The number of aromatic hydroxyl groups is 1. The van der Waals surface area contributed by atoms with Gasteiger partial charge in [0.1, 0.15) is 22.8 Å². The molecule has 0 aromatic carbocycles. The van der Waals surface area contributed by atoms with Crippen molar-refractivity contribution in [3.63, 3.8) is 0 Å². The van der Waals surface area contributed by atoms with Crippen molar-refractivity contribution in [2.75, 3.05) is 0 Å². The summed E-state index contributed by atoms with van der Waals surface area (Å²) in [6, 6.07) is 1.68. The minimum absolute atomic E-state index is 0.0917. The predicted octanol–water partition coefficient (Wildman–Crippen LogP) is 0.440. The molecule has 0 radical (unpaired) electrons. The number of furan rings is 1. The Morgan fingerprint density at radius 2 is 1.62 bits per heavy atom. The van der Waals surface area contributed by atoms with Crippen molar-refractivity contribution in [2.24, 2.45) is 0 Å². The molecule has 0 spiro atoms. The highest BCUT2D eigenvalue weighted by Crippen LogP contribution is 2.11. The minimum Gasteiger partial charge on any atom is -0.493 e. The maximum absolute atomic E-state index is 11.3. The van der Waals surface area contributed by atoms with Gasteiger partial charge in [0.25, 0.3) is 11.1 Å². The zero-order valence-corrected chi connectivity index (χ0v) is 16.4. The number of aryl methyl sites for hydroxylation is 3. The number of nitrogens with zero attached hydrogens (tertiary/aromatic N) is 2. The van der Waals surface area contributed by atoms with Gasteiger partial charge in [0.2, 0.25) is 11.6 Å². The van der Waals surface area contributed by atoms with E-state index in [2.05, 4.69) is 25.9 Å². The Bertz CT molecular complexity index is 1260. The first-order valence-corrected chi connectivity index (χ1v) is 9.10. The molecular weight excluding hydrogens is 408 g/mol. The van der Waals surface area contributed by atoms with Crippen LogP contribution in [0, 0.1) is 33.1 Å². The van der Waals surface area contributed by atoms with Crippen LogP contribution >= 0.6 is 0 Å². The summed E-state index contributed by atoms with van der Waals surface area (Å²) >= 11 is 0. The first-order chi connectivity index (χ1) is 13.3. The smallest absolute Gasteiger partial charge is 0.394 e. The number of nitrogens with one attached hydrogen (secondary N) is 2.